The zero-order chi connectivity index (χ0) is 15.6. The van der Waals surface area contributed by atoms with Gasteiger partial charge in [-0.25, -0.2) is 13.1 Å². The molecule has 21 heavy (non-hydrogen) atoms. The van der Waals surface area contributed by atoms with E-state index in [1.54, 1.807) is 12.1 Å². The smallest absolute Gasteiger partial charge is 0.242 e. The van der Waals surface area contributed by atoms with Gasteiger partial charge in [-0.3, -0.25) is 0 Å². The third-order valence-corrected chi connectivity index (χ3v) is 4.94. The van der Waals surface area contributed by atoms with Crippen molar-refractivity contribution in [3.63, 3.8) is 0 Å². The summed E-state index contributed by atoms with van der Waals surface area (Å²) in [6.07, 6.45) is 0. The maximum absolute atomic E-state index is 11.8. The summed E-state index contributed by atoms with van der Waals surface area (Å²) in [4.78, 5) is 0.0801. The highest BCUT2D eigenvalue weighted by atomic mass is 32.2. The van der Waals surface area contributed by atoms with Gasteiger partial charge in [-0.2, -0.15) is 0 Å². The Morgan fingerprint density at radius 1 is 1.10 bits per heavy atom. The van der Waals surface area contributed by atoms with Crippen molar-refractivity contribution in [2.75, 3.05) is 18.1 Å². The summed E-state index contributed by atoms with van der Waals surface area (Å²) in [6.45, 7) is 4.07. The van der Waals surface area contributed by atoms with E-state index in [9.17, 15) is 8.42 Å². The molecule has 0 radical (unpaired) electrons. The van der Waals surface area contributed by atoms with E-state index in [1.165, 1.54) is 18.7 Å². The lowest BCUT2D eigenvalue weighted by atomic mass is 10.1. The van der Waals surface area contributed by atoms with Crippen molar-refractivity contribution < 1.29 is 8.42 Å². The lowest BCUT2D eigenvalue weighted by Crippen LogP contribution is -2.19. The van der Waals surface area contributed by atoms with Gasteiger partial charge < -0.3 is 11.1 Å². The Labute approximate surface area is 125 Å². The second-order valence-corrected chi connectivity index (χ2v) is 6.69. The SMILES string of the molecule is CNS(=O)(=O)c1ccc(Nc2cccc(C)c2C)cc1N. The molecule has 112 valence electrons. The highest BCUT2D eigenvalue weighted by Gasteiger charge is 2.15. The first-order chi connectivity index (χ1) is 9.85. The van der Waals surface area contributed by atoms with Gasteiger partial charge in [-0.05, 0) is 56.3 Å². The molecule has 0 heterocycles. The molecule has 0 saturated carbocycles. The predicted octanol–water partition coefficient (Wildman–Crippen LogP) is 2.54. The van der Waals surface area contributed by atoms with Crippen LogP contribution in [0.25, 0.3) is 0 Å². The quantitative estimate of drug-likeness (QED) is 0.758. The van der Waals surface area contributed by atoms with Crippen LogP contribution in [0.3, 0.4) is 0 Å². The molecular weight excluding hydrogens is 286 g/mol. The van der Waals surface area contributed by atoms with Crippen LogP contribution < -0.4 is 15.8 Å². The first-order valence-corrected chi connectivity index (χ1v) is 8.00. The number of hydrogen-bond donors (Lipinski definition) is 3. The van der Waals surface area contributed by atoms with Gasteiger partial charge >= 0.3 is 0 Å². The molecule has 4 N–H and O–H groups in total. The Hall–Kier alpha value is -2.05. The van der Waals surface area contributed by atoms with Gasteiger partial charge in [0, 0.05) is 11.4 Å². The van der Waals surface area contributed by atoms with Crippen LogP contribution in [0.15, 0.2) is 41.3 Å². The Bertz CT molecular complexity index is 770. The van der Waals surface area contributed by atoms with E-state index in [0.717, 1.165) is 16.9 Å². The summed E-state index contributed by atoms with van der Waals surface area (Å²) in [5.74, 6) is 0. The molecule has 0 spiro atoms. The fourth-order valence-electron chi connectivity index (χ4n) is 2.02. The molecule has 0 unspecified atom stereocenters. The minimum absolute atomic E-state index is 0.0801. The highest BCUT2D eigenvalue weighted by molar-refractivity contribution is 7.89. The monoisotopic (exact) mass is 305 g/mol. The first kappa shape index (κ1) is 15.3. The van der Waals surface area contributed by atoms with Gasteiger partial charge in [0.2, 0.25) is 10.0 Å². The Kier molecular flexibility index (Phi) is 4.20. The number of nitrogens with one attached hydrogen (secondary N) is 2. The Morgan fingerprint density at radius 2 is 1.81 bits per heavy atom. The summed E-state index contributed by atoms with van der Waals surface area (Å²) >= 11 is 0. The molecule has 0 saturated heterocycles. The van der Waals surface area contributed by atoms with Crippen molar-refractivity contribution in [3.8, 4) is 0 Å². The van der Waals surface area contributed by atoms with Crippen molar-refractivity contribution in [2.24, 2.45) is 0 Å². The molecular formula is C15H19N3O2S. The van der Waals surface area contributed by atoms with E-state index >= 15 is 0 Å². The number of rotatable bonds is 4. The van der Waals surface area contributed by atoms with Crippen molar-refractivity contribution in [2.45, 2.75) is 18.7 Å². The van der Waals surface area contributed by atoms with E-state index in [0.29, 0.717) is 0 Å². The molecule has 2 rings (SSSR count). The zero-order valence-electron chi connectivity index (χ0n) is 12.3. The molecule has 6 heteroatoms. The molecule has 0 amide bonds. The second-order valence-electron chi connectivity index (χ2n) is 4.83. The number of anilines is 3. The number of aryl methyl sites for hydroxylation is 1. The summed E-state index contributed by atoms with van der Waals surface area (Å²) < 4.78 is 25.8. The number of sulfonamides is 1. The third kappa shape index (κ3) is 3.17. The lowest BCUT2D eigenvalue weighted by Gasteiger charge is -2.13. The molecule has 0 bridgehead atoms. The van der Waals surface area contributed by atoms with Crippen LogP contribution >= 0.6 is 0 Å². The van der Waals surface area contributed by atoms with Gasteiger partial charge in [0.15, 0.2) is 0 Å². The van der Waals surface area contributed by atoms with Crippen molar-refractivity contribution >= 4 is 27.1 Å². The average Bonchev–Trinajstić information content (AvgIpc) is 2.44. The van der Waals surface area contributed by atoms with Crippen LogP contribution in [-0.4, -0.2) is 15.5 Å². The van der Waals surface area contributed by atoms with Crippen LogP contribution in [0.2, 0.25) is 0 Å². The minimum Gasteiger partial charge on any atom is -0.398 e. The molecule has 5 nitrogen and oxygen atoms in total. The standard InChI is InChI=1S/C15H19N3O2S/c1-10-5-4-6-14(11(10)2)18-12-7-8-15(13(16)9-12)21(19,20)17-3/h4-9,17-18H,16H2,1-3H3. The predicted molar refractivity (Wildman–Crippen MR) is 86.3 cm³/mol. The largest absolute Gasteiger partial charge is 0.398 e. The average molecular weight is 305 g/mol. The van der Waals surface area contributed by atoms with E-state index in [-0.39, 0.29) is 10.6 Å². The molecule has 2 aromatic carbocycles. The van der Waals surface area contributed by atoms with Crippen LogP contribution in [-0.2, 0) is 10.0 Å². The molecule has 0 aliphatic carbocycles. The maximum atomic E-state index is 11.8. The van der Waals surface area contributed by atoms with Crippen LogP contribution in [0, 0.1) is 13.8 Å². The fraction of sp³-hybridized carbons (Fsp3) is 0.200. The molecule has 2 aromatic rings. The van der Waals surface area contributed by atoms with E-state index < -0.39 is 10.0 Å². The van der Waals surface area contributed by atoms with Crippen molar-refractivity contribution in [1.29, 1.82) is 0 Å². The Morgan fingerprint density at radius 3 is 2.43 bits per heavy atom. The van der Waals surface area contributed by atoms with Crippen molar-refractivity contribution in [1.82, 2.24) is 4.72 Å². The highest BCUT2D eigenvalue weighted by Crippen LogP contribution is 2.27. The Balaban J connectivity index is 2.36. The number of nitrogen functional groups attached to an aromatic ring is 1. The van der Waals surface area contributed by atoms with E-state index in [1.807, 2.05) is 32.0 Å². The van der Waals surface area contributed by atoms with Crippen LogP contribution in [0.5, 0.6) is 0 Å². The molecule has 0 aromatic heterocycles. The summed E-state index contributed by atoms with van der Waals surface area (Å²) in [7, 11) is -2.18. The number of benzene rings is 2. The molecule has 0 fully saturated rings. The molecule has 0 aliphatic heterocycles. The zero-order valence-corrected chi connectivity index (χ0v) is 13.1. The van der Waals surface area contributed by atoms with Crippen LogP contribution in [0.1, 0.15) is 11.1 Å². The normalized spacial score (nSPS) is 11.4. The van der Waals surface area contributed by atoms with E-state index in [4.69, 9.17) is 5.73 Å². The van der Waals surface area contributed by atoms with Gasteiger partial charge in [0.1, 0.15) is 4.90 Å². The van der Waals surface area contributed by atoms with Gasteiger partial charge in [-0.1, -0.05) is 12.1 Å². The third-order valence-electron chi connectivity index (χ3n) is 3.45. The van der Waals surface area contributed by atoms with Crippen LogP contribution in [0.4, 0.5) is 17.1 Å². The van der Waals surface area contributed by atoms with Gasteiger partial charge in [-0.15, -0.1) is 0 Å². The van der Waals surface area contributed by atoms with E-state index in [2.05, 4.69) is 10.0 Å². The molecule has 0 aliphatic rings. The van der Waals surface area contributed by atoms with Gasteiger partial charge in [0.25, 0.3) is 0 Å². The summed E-state index contributed by atoms with van der Waals surface area (Å²) in [6, 6.07) is 10.8. The first-order valence-electron chi connectivity index (χ1n) is 6.51. The maximum Gasteiger partial charge on any atom is 0.242 e. The fourth-order valence-corrected chi connectivity index (χ4v) is 2.86. The number of nitrogens with two attached hydrogens (primary N) is 1. The van der Waals surface area contributed by atoms with Crippen molar-refractivity contribution in [3.05, 3.63) is 47.5 Å². The topological polar surface area (TPSA) is 84.2 Å². The van der Waals surface area contributed by atoms with Gasteiger partial charge in [0.05, 0.1) is 5.69 Å². The minimum atomic E-state index is -3.54. The number of hydrogen-bond acceptors (Lipinski definition) is 4. The lowest BCUT2D eigenvalue weighted by molar-refractivity contribution is 0.588. The summed E-state index contributed by atoms with van der Waals surface area (Å²) in [5.41, 5.74) is 10.1. The summed E-state index contributed by atoms with van der Waals surface area (Å²) in [5, 5.41) is 3.26. The second kappa shape index (κ2) is 5.75. The molecule has 0 atom stereocenters.